The number of alkyl halides is 2. The number of ether oxygens (including phenoxy) is 1. The van der Waals surface area contributed by atoms with Crippen LogP contribution in [0.15, 0.2) is 23.1 Å². The van der Waals surface area contributed by atoms with Gasteiger partial charge in [0.25, 0.3) is 5.69 Å². The normalized spacial score (nSPS) is 19.1. The third-order valence-corrected chi connectivity index (χ3v) is 5.10. The van der Waals surface area contributed by atoms with Crippen molar-refractivity contribution in [2.24, 2.45) is 0 Å². The Balaban J connectivity index is 2.51. The van der Waals surface area contributed by atoms with Crippen molar-refractivity contribution in [1.29, 1.82) is 0 Å². The van der Waals surface area contributed by atoms with Gasteiger partial charge >= 0.3 is 5.76 Å². The molecule has 0 aliphatic carbocycles. The van der Waals surface area contributed by atoms with Gasteiger partial charge in [-0.05, 0) is 18.6 Å². The fourth-order valence-corrected chi connectivity index (χ4v) is 3.22. The highest BCUT2D eigenvalue weighted by Gasteiger charge is 2.32. The second-order valence-corrected chi connectivity index (χ2v) is 6.96. The second kappa shape index (κ2) is 6.75. The number of benzene rings is 1. The van der Waals surface area contributed by atoms with Crippen molar-refractivity contribution in [3.05, 3.63) is 28.3 Å². The van der Waals surface area contributed by atoms with Crippen LogP contribution in [0.2, 0.25) is 0 Å². The van der Waals surface area contributed by atoms with Gasteiger partial charge in [0, 0.05) is 12.6 Å². The SMILES string of the molecule is CCC1COCCN1c1ccc(S(=O)(=O)C(F)F)cc1[N+](=O)[O-]. The van der Waals surface area contributed by atoms with Gasteiger partial charge in [0.1, 0.15) is 5.69 Å². The molecule has 1 aromatic rings. The maximum atomic E-state index is 12.6. The number of sulfone groups is 1. The van der Waals surface area contributed by atoms with Gasteiger partial charge in [-0.2, -0.15) is 8.78 Å². The highest BCUT2D eigenvalue weighted by molar-refractivity contribution is 7.91. The van der Waals surface area contributed by atoms with Crippen molar-refractivity contribution >= 4 is 21.2 Å². The van der Waals surface area contributed by atoms with Gasteiger partial charge in [-0.25, -0.2) is 8.42 Å². The van der Waals surface area contributed by atoms with Crippen LogP contribution in [0.1, 0.15) is 13.3 Å². The smallest absolute Gasteiger partial charge is 0.341 e. The molecular formula is C13H16F2N2O5S. The number of rotatable bonds is 5. The first-order valence-electron chi connectivity index (χ1n) is 6.94. The second-order valence-electron chi connectivity index (χ2n) is 5.04. The summed E-state index contributed by atoms with van der Waals surface area (Å²) >= 11 is 0. The maximum Gasteiger partial charge on any atom is 0.341 e. The first-order chi connectivity index (χ1) is 10.8. The van der Waals surface area contributed by atoms with E-state index in [2.05, 4.69) is 0 Å². The predicted octanol–water partition coefficient (Wildman–Crippen LogP) is 2.21. The molecule has 0 N–H and O–H groups in total. The number of anilines is 1. The van der Waals surface area contributed by atoms with Gasteiger partial charge in [-0.3, -0.25) is 10.1 Å². The largest absolute Gasteiger partial charge is 0.377 e. The average molecular weight is 350 g/mol. The van der Waals surface area contributed by atoms with Crippen molar-refractivity contribution < 1.29 is 26.9 Å². The van der Waals surface area contributed by atoms with Crippen LogP contribution in [0.4, 0.5) is 20.2 Å². The quantitative estimate of drug-likeness (QED) is 0.597. The third-order valence-electron chi connectivity index (χ3n) is 3.71. The van der Waals surface area contributed by atoms with E-state index >= 15 is 0 Å². The molecule has 1 saturated heterocycles. The summed E-state index contributed by atoms with van der Waals surface area (Å²) in [7, 11) is -4.88. The fourth-order valence-electron chi connectivity index (χ4n) is 2.48. The molecule has 10 heteroatoms. The molecular weight excluding hydrogens is 334 g/mol. The minimum absolute atomic E-state index is 0.0972. The number of hydrogen-bond donors (Lipinski definition) is 0. The van der Waals surface area contributed by atoms with Crippen LogP contribution in [-0.4, -0.2) is 44.9 Å². The lowest BCUT2D eigenvalue weighted by molar-refractivity contribution is -0.384. The molecule has 1 aliphatic heterocycles. The number of nitro benzene ring substituents is 1. The number of nitro groups is 1. The lowest BCUT2D eigenvalue weighted by Crippen LogP contribution is -2.45. The first kappa shape index (κ1) is 17.5. The van der Waals surface area contributed by atoms with E-state index in [1.54, 1.807) is 4.90 Å². The van der Waals surface area contributed by atoms with Gasteiger partial charge in [-0.1, -0.05) is 6.92 Å². The van der Waals surface area contributed by atoms with E-state index in [0.717, 1.165) is 6.07 Å². The Hall–Kier alpha value is -1.81. The molecule has 0 aromatic heterocycles. The summed E-state index contributed by atoms with van der Waals surface area (Å²) in [4.78, 5) is 11.5. The standard InChI is InChI=1S/C13H16F2N2O5S/c1-2-9-8-22-6-5-16(9)11-4-3-10(7-12(11)17(18)19)23(20,21)13(14)15/h3-4,7,9,13H,2,5-6,8H2,1H3. The van der Waals surface area contributed by atoms with E-state index in [0.29, 0.717) is 32.2 Å². The van der Waals surface area contributed by atoms with Gasteiger partial charge < -0.3 is 9.64 Å². The van der Waals surface area contributed by atoms with Crippen LogP contribution < -0.4 is 4.90 Å². The Morgan fingerprint density at radius 3 is 2.74 bits per heavy atom. The van der Waals surface area contributed by atoms with E-state index in [4.69, 9.17) is 4.74 Å². The van der Waals surface area contributed by atoms with E-state index in [-0.39, 0.29) is 11.7 Å². The molecule has 1 fully saturated rings. The van der Waals surface area contributed by atoms with Gasteiger partial charge in [0.2, 0.25) is 9.84 Å². The minimum atomic E-state index is -4.88. The molecule has 1 atom stereocenters. The van der Waals surface area contributed by atoms with Crippen molar-refractivity contribution in [2.45, 2.75) is 30.0 Å². The maximum absolute atomic E-state index is 12.6. The van der Waals surface area contributed by atoms with Crippen LogP contribution in [0, 0.1) is 10.1 Å². The number of nitrogens with zero attached hydrogens (tertiary/aromatic N) is 2. The molecule has 0 radical (unpaired) electrons. The Morgan fingerprint density at radius 1 is 1.48 bits per heavy atom. The molecule has 0 amide bonds. The van der Waals surface area contributed by atoms with Crippen LogP contribution in [-0.2, 0) is 14.6 Å². The van der Waals surface area contributed by atoms with Crippen LogP contribution in [0.5, 0.6) is 0 Å². The molecule has 7 nitrogen and oxygen atoms in total. The highest BCUT2D eigenvalue weighted by atomic mass is 32.2. The van der Waals surface area contributed by atoms with E-state index in [1.165, 1.54) is 6.07 Å². The molecule has 128 valence electrons. The van der Waals surface area contributed by atoms with E-state index < -0.39 is 31.1 Å². The monoisotopic (exact) mass is 350 g/mol. The van der Waals surface area contributed by atoms with E-state index in [9.17, 15) is 27.3 Å². The Labute approximate surface area is 131 Å². The van der Waals surface area contributed by atoms with Crippen LogP contribution in [0.25, 0.3) is 0 Å². The number of hydrogen-bond acceptors (Lipinski definition) is 6. The van der Waals surface area contributed by atoms with Crippen molar-refractivity contribution in [1.82, 2.24) is 0 Å². The Bertz CT molecular complexity index is 696. The summed E-state index contributed by atoms with van der Waals surface area (Å²) in [6, 6.07) is 2.78. The van der Waals surface area contributed by atoms with E-state index in [1.807, 2.05) is 6.92 Å². The number of morpholine rings is 1. The minimum Gasteiger partial charge on any atom is -0.377 e. The highest BCUT2D eigenvalue weighted by Crippen LogP contribution is 2.34. The number of halogens is 2. The summed E-state index contributed by atoms with van der Waals surface area (Å²) in [6.07, 6.45) is 0.675. The topological polar surface area (TPSA) is 89.8 Å². The lowest BCUT2D eigenvalue weighted by Gasteiger charge is -2.36. The third kappa shape index (κ3) is 3.42. The van der Waals surface area contributed by atoms with Gasteiger partial charge in [0.05, 0.1) is 29.1 Å². The molecule has 0 spiro atoms. The molecule has 1 aliphatic rings. The van der Waals surface area contributed by atoms with Gasteiger partial charge in [0.15, 0.2) is 0 Å². The van der Waals surface area contributed by atoms with Crippen molar-refractivity contribution in [3.63, 3.8) is 0 Å². The zero-order valence-electron chi connectivity index (χ0n) is 12.3. The Kier molecular flexibility index (Phi) is 5.15. The fraction of sp³-hybridized carbons (Fsp3) is 0.538. The molecule has 0 bridgehead atoms. The zero-order chi connectivity index (χ0) is 17.2. The summed E-state index contributed by atoms with van der Waals surface area (Å²) < 4.78 is 53.6. The lowest BCUT2D eigenvalue weighted by atomic mass is 10.1. The summed E-state index contributed by atoms with van der Waals surface area (Å²) in [5.74, 6) is -3.63. The summed E-state index contributed by atoms with van der Waals surface area (Å²) in [5.41, 5.74) is -0.301. The molecule has 1 unspecified atom stereocenters. The summed E-state index contributed by atoms with van der Waals surface area (Å²) in [5, 5.41) is 11.3. The zero-order valence-corrected chi connectivity index (χ0v) is 13.1. The average Bonchev–Trinajstić information content (AvgIpc) is 2.53. The van der Waals surface area contributed by atoms with Crippen LogP contribution >= 0.6 is 0 Å². The van der Waals surface area contributed by atoms with Gasteiger partial charge in [-0.15, -0.1) is 0 Å². The molecule has 1 aromatic carbocycles. The Morgan fingerprint density at radius 2 is 2.17 bits per heavy atom. The van der Waals surface area contributed by atoms with Crippen LogP contribution in [0.3, 0.4) is 0 Å². The molecule has 1 heterocycles. The predicted molar refractivity (Wildman–Crippen MR) is 78.5 cm³/mol. The molecule has 23 heavy (non-hydrogen) atoms. The first-order valence-corrected chi connectivity index (χ1v) is 8.48. The van der Waals surface area contributed by atoms with Crippen molar-refractivity contribution in [3.8, 4) is 0 Å². The summed E-state index contributed by atoms with van der Waals surface area (Å²) in [6.45, 7) is 3.07. The molecule has 0 saturated carbocycles. The van der Waals surface area contributed by atoms with Crippen molar-refractivity contribution in [2.75, 3.05) is 24.7 Å². The molecule has 2 rings (SSSR count).